The Morgan fingerprint density at radius 3 is 2.59 bits per heavy atom. The van der Waals surface area contributed by atoms with Gasteiger partial charge in [0.25, 0.3) is 5.91 Å². The standard InChI is InChI=1S/C20H24N2O6S/c1-13(15-11-14(26-2)9-10-17(15)27-3)21-20(23)19-12-22(29(4,24)25)16-7-5-6-8-18(16)28-19/h5-11,13,19H,12H2,1-4H3,(H,21,23)/t13-,19-/m0/s1. The molecule has 8 nitrogen and oxygen atoms in total. The molecule has 0 radical (unpaired) electrons. The van der Waals surface area contributed by atoms with Crippen LogP contribution in [0.3, 0.4) is 0 Å². The monoisotopic (exact) mass is 420 g/mol. The fourth-order valence-electron chi connectivity index (χ4n) is 3.21. The normalized spacial score (nSPS) is 17.0. The van der Waals surface area contributed by atoms with Gasteiger partial charge in [0.2, 0.25) is 10.0 Å². The summed E-state index contributed by atoms with van der Waals surface area (Å²) in [6.07, 6.45) is 0.118. The van der Waals surface area contributed by atoms with Crippen LogP contribution in [0.25, 0.3) is 0 Å². The average Bonchev–Trinajstić information content (AvgIpc) is 2.71. The van der Waals surface area contributed by atoms with Crippen LogP contribution in [0.5, 0.6) is 17.2 Å². The number of ether oxygens (including phenoxy) is 3. The molecular weight excluding hydrogens is 396 g/mol. The maximum atomic E-state index is 12.9. The number of methoxy groups -OCH3 is 2. The lowest BCUT2D eigenvalue weighted by atomic mass is 10.1. The van der Waals surface area contributed by atoms with Crippen LogP contribution in [-0.2, 0) is 14.8 Å². The predicted octanol–water partition coefficient (Wildman–Crippen LogP) is 2.11. The molecule has 1 aliphatic heterocycles. The summed E-state index contributed by atoms with van der Waals surface area (Å²) in [5.74, 6) is 1.15. The number of hydrogen-bond acceptors (Lipinski definition) is 6. The van der Waals surface area contributed by atoms with E-state index in [-0.39, 0.29) is 6.54 Å². The number of carbonyl (C=O) groups excluding carboxylic acids is 1. The smallest absolute Gasteiger partial charge is 0.263 e. The molecule has 0 saturated heterocycles. The van der Waals surface area contributed by atoms with Crippen LogP contribution in [0.4, 0.5) is 5.69 Å². The summed E-state index contributed by atoms with van der Waals surface area (Å²) >= 11 is 0. The Labute approximate surface area is 170 Å². The highest BCUT2D eigenvalue weighted by Gasteiger charge is 2.35. The summed E-state index contributed by atoms with van der Waals surface area (Å²) in [6, 6.07) is 11.6. The van der Waals surface area contributed by atoms with Gasteiger partial charge in [0.1, 0.15) is 17.2 Å². The highest BCUT2D eigenvalue weighted by Crippen LogP contribution is 2.35. The largest absolute Gasteiger partial charge is 0.497 e. The van der Waals surface area contributed by atoms with Crippen molar-refractivity contribution in [2.45, 2.75) is 19.1 Å². The Bertz CT molecular complexity index is 1010. The van der Waals surface area contributed by atoms with Crippen LogP contribution in [0, 0.1) is 0 Å². The minimum absolute atomic E-state index is 0.107. The molecule has 1 amide bonds. The molecule has 29 heavy (non-hydrogen) atoms. The van der Waals surface area contributed by atoms with E-state index in [4.69, 9.17) is 14.2 Å². The molecule has 0 bridgehead atoms. The van der Waals surface area contributed by atoms with Crippen LogP contribution in [0.15, 0.2) is 42.5 Å². The zero-order valence-corrected chi connectivity index (χ0v) is 17.5. The van der Waals surface area contributed by atoms with Gasteiger partial charge in [-0.25, -0.2) is 8.42 Å². The molecular formula is C20H24N2O6S. The van der Waals surface area contributed by atoms with Gasteiger partial charge in [0, 0.05) is 5.56 Å². The maximum Gasteiger partial charge on any atom is 0.263 e. The first-order valence-electron chi connectivity index (χ1n) is 9.00. The fourth-order valence-corrected chi connectivity index (χ4v) is 4.13. The predicted molar refractivity (Wildman–Crippen MR) is 109 cm³/mol. The van der Waals surface area contributed by atoms with Gasteiger partial charge >= 0.3 is 0 Å². The van der Waals surface area contributed by atoms with Crippen LogP contribution >= 0.6 is 0 Å². The van der Waals surface area contributed by atoms with E-state index in [0.717, 1.165) is 11.8 Å². The number of rotatable bonds is 6. The molecule has 2 aromatic carbocycles. The lowest BCUT2D eigenvalue weighted by Crippen LogP contribution is -2.50. The molecule has 0 unspecified atom stereocenters. The maximum absolute atomic E-state index is 12.9. The second-order valence-electron chi connectivity index (χ2n) is 6.71. The number of benzene rings is 2. The molecule has 0 fully saturated rings. The van der Waals surface area contributed by atoms with Crippen molar-refractivity contribution < 1.29 is 27.4 Å². The molecule has 0 saturated carbocycles. The van der Waals surface area contributed by atoms with Gasteiger partial charge < -0.3 is 19.5 Å². The molecule has 0 spiro atoms. The van der Waals surface area contributed by atoms with E-state index in [1.807, 2.05) is 0 Å². The lowest BCUT2D eigenvalue weighted by Gasteiger charge is -2.34. The van der Waals surface area contributed by atoms with Crippen molar-refractivity contribution in [1.82, 2.24) is 5.32 Å². The summed E-state index contributed by atoms with van der Waals surface area (Å²) in [4.78, 5) is 12.9. The second-order valence-corrected chi connectivity index (χ2v) is 8.61. The molecule has 0 aromatic heterocycles. The van der Waals surface area contributed by atoms with E-state index in [0.29, 0.717) is 22.9 Å². The third-order valence-electron chi connectivity index (χ3n) is 4.69. The van der Waals surface area contributed by atoms with Crippen molar-refractivity contribution in [3.05, 3.63) is 48.0 Å². The number of amides is 1. The molecule has 9 heteroatoms. The van der Waals surface area contributed by atoms with Gasteiger partial charge in [0.15, 0.2) is 6.10 Å². The summed E-state index contributed by atoms with van der Waals surface area (Å²) in [5.41, 5.74) is 1.15. The highest BCUT2D eigenvalue weighted by molar-refractivity contribution is 7.92. The highest BCUT2D eigenvalue weighted by atomic mass is 32.2. The van der Waals surface area contributed by atoms with Crippen molar-refractivity contribution >= 4 is 21.6 Å². The van der Waals surface area contributed by atoms with Crippen molar-refractivity contribution in [2.24, 2.45) is 0 Å². The summed E-state index contributed by atoms with van der Waals surface area (Å²) < 4.78 is 42.0. The molecule has 1 heterocycles. The number of sulfonamides is 1. The number of nitrogens with zero attached hydrogens (tertiary/aromatic N) is 1. The number of nitrogens with one attached hydrogen (secondary N) is 1. The zero-order valence-electron chi connectivity index (χ0n) is 16.7. The molecule has 1 aliphatic rings. The Hall–Kier alpha value is -2.94. The third kappa shape index (κ3) is 4.40. The van der Waals surface area contributed by atoms with Crippen LogP contribution in [0.2, 0.25) is 0 Å². The SMILES string of the molecule is COc1ccc(OC)c([C@H](C)NC(=O)[C@@H]2CN(S(C)(=O)=O)c3ccccc3O2)c1. The number of carbonyl (C=O) groups is 1. The first kappa shape index (κ1) is 20.8. The summed E-state index contributed by atoms with van der Waals surface area (Å²) in [7, 11) is -0.465. The molecule has 2 atom stereocenters. The first-order chi connectivity index (χ1) is 13.7. The Morgan fingerprint density at radius 1 is 1.21 bits per heavy atom. The van der Waals surface area contributed by atoms with Crippen LogP contribution in [0.1, 0.15) is 18.5 Å². The number of hydrogen-bond donors (Lipinski definition) is 1. The first-order valence-corrected chi connectivity index (χ1v) is 10.8. The zero-order chi connectivity index (χ0) is 21.2. The van der Waals surface area contributed by atoms with Gasteiger partial charge in [-0.3, -0.25) is 9.10 Å². The van der Waals surface area contributed by atoms with Gasteiger partial charge in [0.05, 0.1) is 38.7 Å². The fraction of sp³-hybridized carbons (Fsp3) is 0.350. The molecule has 156 valence electrons. The van der Waals surface area contributed by atoms with Crippen LogP contribution in [-0.4, -0.2) is 47.4 Å². The van der Waals surface area contributed by atoms with Crippen molar-refractivity contribution in [2.75, 3.05) is 31.3 Å². The summed E-state index contributed by atoms with van der Waals surface area (Å²) in [5, 5.41) is 2.87. The number of para-hydroxylation sites is 2. The second kappa shape index (κ2) is 8.20. The number of anilines is 1. The minimum atomic E-state index is -3.57. The Balaban J connectivity index is 1.83. The number of fused-ring (bicyclic) bond motifs is 1. The third-order valence-corrected chi connectivity index (χ3v) is 5.84. The Morgan fingerprint density at radius 2 is 1.93 bits per heavy atom. The van der Waals surface area contributed by atoms with E-state index in [1.54, 1.807) is 63.6 Å². The van der Waals surface area contributed by atoms with Crippen molar-refractivity contribution in [3.8, 4) is 17.2 Å². The van der Waals surface area contributed by atoms with Gasteiger partial charge in [-0.15, -0.1) is 0 Å². The van der Waals surface area contributed by atoms with E-state index < -0.39 is 28.1 Å². The van der Waals surface area contributed by atoms with Crippen LogP contribution < -0.4 is 23.8 Å². The van der Waals surface area contributed by atoms with E-state index in [2.05, 4.69) is 5.32 Å². The van der Waals surface area contributed by atoms with E-state index in [9.17, 15) is 13.2 Å². The summed E-state index contributed by atoms with van der Waals surface area (Å²) in [6.45, 7) is 1.70. The Kier molecular flexibility index (Phi) is 5.88. The van der Waals surface area contributed by atoms with Gasteiger partial charge in [-0.05, 0) is 37.3 Å². The average molecular weight is 420 g/mol. The molecule has 0 aliphatic carbocycles. The van der Waals surface area contributed by atoms with Crippen molar-refractivity contribution in [3.63, 3.8) is 0 Å². The van der Waals surface area contributed by atoms with Gasteiger partial charge in [-0.1, -0.05) is 12.1 Å². The topological polar surface area (TPSA) is 94.2 Å². The van der Waals surface area contributed by atoms with E-state index in [1.165, 1.54) is 4.31 Å². The quantitative estimate of drug-likeness (QED) is 0.769. The molecule has 2 aromatic rings. The lowest BCUT2D eigenvalue weighted by molar-refractivity contribution is -0.128. The molecule has 3 rings (SSSR count). The van der Waals surface area contributed by atoms with Gasteiger partial charge in [-0.2, -0.15) is 0 Å². The van der Waals surface area contributed by atoms with Crippen molar-refractivity contribution in [1.29, 1.82) is 0 Å². The minimum Gasteiger partial charge on any atom is -0.497 e. The molecule has 1 N–H and O–H groups in total. The van der Waals surface area contributed by atoms with E-state index >= 15 is 0 Å².